The quantitative estimate of drug-likeness (QED) is 0.117. The normalized spacial score (nSPS) is 15.7. The number of carbonyl (C=O) groups is 4. The molecule has 2 aliphatic rings. The predicted octanol–water partition coefficient (Wildman–Crippen LogP) is 8.28. The van der Waals surface area contributed by atoms with E-state index in [0.29, 0.717) is 0 Å². The van der Waals surface area contributed by atoms with Crippen molar-refractivity contribution in [2.75, 3.05) is 0 Å². The maximum absolute atomic E-state index is 15.7. The van der Waals surface area contributed by atoms with E-state index in [0.717, 1.165) is 0 Å². The van der Waals surface area contributed by atoms with Gasteiger partial charge in [-0.05, 0) is 53.1 Å². The molecule has 0 N–H and O–H groups in total. The van der Waals surface area contributed by atoms with Crippen LogP contribution in [0.15, 0.2) is 42.5 Å². The van der Waals surface area contributed by atoms with Crippen LogP contribution in [-0.4, -0.2) is 30.1 Å². The first kappa shape index (κ1) is 35.2. The van der Waals surface area contributed by atoms with Gasteiger partial charge in [0.25, 0.3) is 0 Å². The van der Waals surface area contributed by atoms with Gasteiger partial charge in [-0.15, -0.1) is 0 Å². The Labute approximate surface area is 259 Å². The minimum absolute atomic E-state index is 0.271. The summed E-state index contributed by atoms with van der Waals surface area (Å²) in [5, 5.41) is 0. The van der Waals surface area contributed by atoms with Crippen LogP contribution in [0, 0.1) is 0 Å². The third kappa shape index (κ3) is 5.43. The molecule has 5 rings (SSSR count). The van der Waals surface area contributed by atoms with Crippen LogP contribution in [0.2, 0.25) is 0 Å². The van der Waals surface area contributed by atoms with Gasteiger partial charge < -0.3 is 9.47 Å². The fourth-order valence-corrected chi connectivity index (χ4v) is 5.55. The second kappa shape index (κ2) is 10.4. The van der Waals surface area contributed by atoms with E-state index in [4.69, 9.17) is 0 Å². The number of halogens is 15. The van der Waals surface area contributed by atoms with Crippen LogP contribution in [0.1, 0.15) is 80.4 Å². The Kier molecular flexibility index (Phi) is 7.50. The van der Waals surface area contributed by atoms with Crippen molar-refractivity contribution in [2.24, 2.45) is 0 Å². The summed E-state index contributed by atoms with van der Waals surface area (Å²) >= 11 is 0. The van der Waals surface area contributed by atoms with Gasteiger partial charge in [0.15, 0.2) is 0 Å². The van der Waals surface area contributed by atoms with Gasteiger partial charge in [0.1, 0.15) is 5.41 Å². The molecule has 0 spiro atoms. The van der Waals surface area contributed by atoms with Crippen LogP contribution >= 0.6 is 0 Å². The predicted molar refractivity (Wildman–Crippen MR) is 125 cm³/mol. The lowest BCUT2D eigenvalue weighted by atomic mass is 9.65. The smallest absolute Gasteiger partial charge is 0.386 e. The topological polar surface area (TPSA) is 86.7 Å². The summed E-state index contributed by atoms with van der Waals surface area (Å²) < 4.78 is 224. The molecule has 2 heterocycles. The molecule has 21 heteroatoms. The number of esters is 4. The van der Waals surface area contributed by atoms with E-state index in [2.05, 4.69) is 9.47 Å². The fourth-order valence-electron chi connectivity index (χ4n) is 5.55. The van der Waals surface area contributed by atoms with Crippen molar-refractivity contribution in [1.82, 2.24) is 0 Å². The fraction of sp³-hybridized carbons (Fsp3) is 0.214. The van der Waals surface area contributed by atoms with E-state index in [1.807, 2.05) is 0 Å². The van der Waals surface area contributed by atoms with Gasteiger partial charge in [-0.3, -0.25) is 0 Å². The highest BCUT2D eigenvalue weighted by atomic mass is 19.4. The molecular weight excluding hydrogens is 717 g/mol. The number of benzene rings is 3. The molecule has 49 heavy (non-hydrogen) atoms. The SMILES string of the molecule is O=C1OC(=O)c2c1cc(C(c1cc3c(c(C(F)(F)F)c1)C(=O)OC3=O)(c1ccc(C(F)(F)F)cc1C(F)(F)F)C(F)(F)F)cc2C(F)(F)F. The van der Waals surface area contributed by atoms with Gasteiger partial charge in [-0.2, -0.15) is 65.9 Å². The highest BCUT2D eigenvalue weighted by molar-refractivity contribution is 6.16. The standard InChI is InChI=1S/C28H7F15O6/c29-24(30,31)8-1-2-13(14(5-8)25(32,33)34)23(28(41,42)43,9-3-11-17(21(46)48-19(11)44)15(6-9)26(35,36)37)10-4-12-18(22(47)49-20(12)45)16(7-10)27(38,39)40/h1-7H. The molecule has 0 aliphatic carbocycles. The molecule has 6 nitrogen and oxygen atoms in total. The molecule has 0 aromatic heterocycles. The molecular formula is C28H7F15O6. The van der Waals surface area contributed by atoms with Crippen molar-refractivity contribution in [3.05, 3.63) is 104 Å². The highest BCUT2D eigenvalue weighted by Gasteiger charge is 2.63. The number of rotatable bonds is 3. The molecule has 260 valence electrons. The molecule has 0 amide bonds. The highest BCUT2D eigenvalue weighted by Crippen LogP contribution is 2.57. The number of hydrogen-bond donors (Lipinski definition) is 0. The maximum atomic E-state index is 15.7. The van der Waals surface area contributed by atoms with Crippen LogP contribution in [-0.2, 0) is 39.6 Å². The molecule has 0 bridgehead atoms. The second-order valence-corrected chi connectivity index (χ2v) is 10.2. The summed E-state index contributed by atoms with van der Waals surface area (Å²) in [6.45, 7) is 0. The van der Waals surface area contributed by atoms with E-state index in [1.54, 1.807) is 0 Å². The summed E-state index contributed by atoms with van der Waals surface area (Å²) in [5.74, 6) is -8.38. The second-order valence-electron chi connectivity index (χ2n) is 10.2. The monoisotopic (exact) mass is 724 g/mol. The van der Waals surface area contributed by atoms with Crippen molar-refractivity contribution < 1.29 is 94.5 Å². The number of carbonyl (C=O) groups excluding carboxylic acids is 4. The van der Waals surface area contributed by atoms with E-state index in [1.165, 1.54) is 0 Å². The van der Waals surface area contributed by atoms with Crippen LogP contribution in [0.3, 0.4) is 0 Å². The Morgan fingerprint density at radius 2 is 0.755 bits per heavy atom. The zero-order valence-corrected chi connectivity index (χ0v) is 22.7. The first-order valence-corrected chi connectivity index (χ1v) is 12.5. The first-order chi connectivity index (χ1) is 22.1. The number of alkyl halides is 15. The van der Waals surface area contributed by atoms with Gasteiger partial charge in [0.2, 0.25) is 0 Å². The van der Waals surface area contributed by atoms with Gasteiger partial charge in [-0.1, -0.05) is 6.07 Å². The summed E-state index contributed by atoms with van der Waals surface area (Å²) in [6, 6.07) is -3.67. The van der Waals surface area contributed by atoms with E-state index in [9.17, 15) is 71.9 Å². The van der Waals surface area contributed by atoms with Crippen molar-refractivity contribution in [2.45, 2.75) is 36.3 Å². The first-order valence-electron chi connectivity index (χ1n) is 12.5. The van der Waals surface area contributed by atoms with Crippen molar-refractivity contribution >= 4 is 23.9 Å². The number of cyclic esters (lactones) is 4. The lowest BCUT2D eigenvalue weighted by Crippen LogP contribution is -2.46. The molecule has 2 aliphatic heterocycles. The maximum Gasteiger partial charge on any atom is 0.417 e. The van der Waals surface area contributed by atoms with Crippen molar-refractivity contribution in [1.29, 1.82) is 0 Å². The summed E-state index contributed by atoms with van der Waals surface area (Å²) in [6.07, 6.45) is -30.5. The molecule has 0 saturated carbocycles. The third-order valence-electron chi connectivity index (χ3n) is 7.45. The summed E-state index contributed by atoms with van der Waals surface area (Å²) in [5.41, 5.74) is -28.9. The Morgan fingerprint density at radius 1 is 0.388 bits per heavy atom. The molecule has 3 aromatic rings. The zero-order chi connectivity index (χ0) is 37.0. The minimum Gasteiger partial charge on any atom is -0.386 e. The summed E-state index contributed by atoms with van der Waals surface area (Å²) in [4.78, 5) is 48.8. The summed E-state index contributed by atoms with van der Waals surface area (Å²) in [7, 11) is 0. The lowest BCUT2D eigenvalue weighted by molar-refractivity contribution is -0.171. The van der Waals surface area contributed by atoms with E-state index < -0.39 is 152 Å². The lowest BCUT2D eigenvalue weighted by Gasteiger charge is -2.40. The van der Waals surface area contributed by atoms with Gasteiger partial charge in [-0.25, -0.2) is 19.2 Å². The third-order valence-corrected chi connectivity index (χ3v) is 7.45. The number of hydrogen-bond acceptors (Lipinski definition) is 6. The zero-order valence-electron chi connectivity index (χ0n) is 22.7. The van der Waals surface area contributed by atoms with Crippen molar-refractivity contribution in [3.63, 3.8) is 0 Å². The van der Waals surface area contributed by atoms with Crippen molar-refractivity contribution in [3.8, 4) is 0 Å². The van der Waals surface area contributed by atoms with Gasteiger partial charge in [0, 0.05) is 0 Å². The van der Waals surface area contributed by atoms with Crippen LogP contribution in [0.5, 0.6) is 0 Å². The molecule has 0 fully saturated rings. The Balaban J connectivity index is 2.12. The van der Waals surface area contributed by atoms with E-state index in [-0.39, 0.29) is 12.1 Å². The van der Waals surface area contributed by atoms with E-state index >= 15 is 13.2 Å². The minimum atomic E-state index is -6.63. The van der Waals surface area contributed by atoms with Crippen LogP contribution in [0.4, 0.5) is 65.9 Å². The van der Waals surface area contributed by atoms with Gasteiger partial charge in [0.05, 0.1) is 44.5 Å². The average Bonchev–Trinajstić information content (AvgIpc) is 3.38. The molecule has 3 aromatic carbocycles. The molecule has 0 saturated heterocycles. The number of fused-ring (bicyclic) bond motifs is 2. The Hall–Kier alpha value is -5.11. The average molecular weight is 724 g/mol. The molecule has 0 atom stereocenters. The van der Waals surface area contributed by atoms with Crippen LogP contribution < -0.4 is 0 Å². The number of ether oxygens (including phenoxy) is 2. The Morgan fingerprint density at radius 3 is 1.08 bits per heavy atom. The molecule has 0 unspecified atom stereocenters. The molecule has 0 radical (unpaired) electrons. The van der Waals surface area contributed by atoms with Crippen LogP contribution in [0.25, 0.3) is 0 Å². The largest absolute Gasteiger partial charge is 0.417 e. The van der Waals surface area contributed by atoms with Gasteiger partial charge >= 0.3 is 54.8 Å². The Bertz CT molecular complexity index is 1880.